The van der Waals surface area contributed by atoms with Crippen molar-refractivity contribution in [2.75, 3.05) is 19.7 Å². The van der Waals surface area contributed by atoms with Gasteiger partial charge in [-0.1, -0.05) is 12.1 Å². The number of carbonyl (C=O) groups is 2. The third kappa shape index (κ3) is 4.26. The molecule has 1 fully saturated rings. The molecule has 6 heteroatoms. The maximum atomic E-state index is 12.6. The van der Waals surface area contributed by atoms with Gasteiger partial charge in [0.25, 0.3) is 0 Å². The normalized spacial score (nSPS) is 17.3. The van der Waals surface area contributed by atoms with Crippen molar-refractivity contribution in [2.45, 2.75) is 26.2 Å². The lowest BCUT2D eigenvalue weighted by molar-refractivity contribution is -0.151. The van der Waals surface area contributed by atoms with Crippen molar-refractivity contribution in [3.05, 3.63) is 48.3 Å². The number of piperidine rings is 1. The summed E-state index contributed by atoms with van der Waals surface area (Å²) < 4.78 is 6.87. The van der Waals surface area contributed by atoms with Crippen molar-refractivity contribution >= 4 is 11.9 Å². The fourth-order valence-corrected chi connectivity index (χ4v) is 3.13. The number of carbonyl (C=O) groups excluding carboxylic acids is 2. The van der Waals surface area contributed by atoms with Gasteiger partial charge in [0.15, 0.2) is 0 Å². The average molecular weight is 341 g/mol. The van der Waals surface area contributed by atoms with Crippen molar-refractivity contribution in [1.29, 1.82) is 0 Å². The Morgan fingerprint density at radius 2 is 2.08 bits per heavy atom. The number of benzene rings is 1. The number of hydrogen-bond acceptors (Lipinski definition) is 4. The standard InChI is InChI=1S/C19H23N3O3/c1-2-25-19(24)16-5-3-11-21(14-16)18(23)13-15-6-8-17(9-7-15)22-12-4-10-20-22/h4,6-10,12,16H,2-3,5,11,13-14H2,1H3/t16-/m0/s1. The summed E-state index contributed by atoms with van der Waals surface area (Å²) in [5.41, 5.74) is 1.92. The van der Waals surface area contributed by atoms with Crippen LogP contribution < -0.4 is 0 Å². The molecule has 1 aromatic heterocycles. The zero-order valence-electron chi connectivity index (χ0n) is 14.4. The minimum absolute atomic E-state index is 0.0563. The highest BCUT2D eigenvalue weighted by Gasteiger charge is 2.29. The number of esters is 1. The van der Waals surface area contributed by atoms with Crippen LogP contribution in [0.2, 0.25) is 0 Å². The van der Waals surface area contributed by atoms with Gasteiger partial charge in [0.2, 0.25) is 5.91 Å². The molecule has 132 valence electrons. The first kappa shape index (κ1) is 17.2. The average Bonchev–Trinajstić information content (AvgIpc) is 3.17. The van der Waals surface area contributed by atoms with Crippen molar-refractivity contribution in [2.24, 2.45) is 5.92 Å². The fraction of sp³-hybridized carbons (Fsp3) is 0.421. The minimum Gasteiger partial charge on any atom is -0.466 e. The topological polar surface area (TPSA) is 64.4 Å². The lowest BCUT2D eigenvalue weighted by Gasteiger charge is -2.31. The molecule has 1 amide bonds. The Bertz CT molecular complexity index is 710. The number of likely N-dealkylation sites (tertiary alicyclic amines) is 1. The number of rotatable bonds is 5. The van der Waals surface area contributed by atoms with Gasteiger partial charge >= 0.3 is 5.97 Å². The molecule has 1 saturated heterocycles. The molecule has 0 bridgehead atoms. The minimum atomic E-state index is -0.195. The van der Waals surface area contributed by atoms with Gasteiger partial charge < -0.3 is 9.64 Å². The van der Waals surface area contributed by atoms with Crippen LogP contribution in [-0.4, -0.2) is 46.3 Å². The number of ether oxygens (including phenoxy) is 1. The van der Waals surface area contributed by atoms with E-state index in [9.17, 15) is 9.59 Å². The second-order valence-corrected chi connectivity index (χ2v) is 6.22. The molecular weight excluding hydrogens is 318 g/mol. The second kappa shape index (κ2) is 7.96. The molecule has 0 aliphatic carbocycles. The van der Waals surface area contributed by atoms with E-state index in [-0.39, 0.29) is 17.8 Å². The molecule has 6 nitrogen and oxygen atoms in total. The van der Waals surface area contributed by atoms with E-state index in [0.29, 0.717) is 26.1 Å². The van der Waals surface area contributed by atoms with Gasteiger partial charge in [-0.3, -0.25) is 9.59 Å². The highest BCUT2D eigenvalue weighted by atomic mass is 16.5. The van der Waals surface area contributed by atoms with Crippen LogP contribution in [-0.2, 0) is 20.7 Å². The number of aromatic nitrogens is 2. The third-order valence-corrected chi connectivity index (χ3v) is 4.45. The van der Waals surface area contributed by atoms with Crippen molar-refractivity contribution < 1.29 is 14.3 Å². The summed E-state index contributed by atoms with van der Waals surface area (Å²) in [5.74, 6) is -0.329. The van der Waals surface area contributed by atoms with E-state index in [1.54, 1.807) is 22.7 Å². The molecule has 1 aromatic carbocycles. The van der Waals surface area contributed by atoms with Crippen LogP contribution in [0.5, 0.6) is 0 Å². The Labute approximate surface area is 147 Å². The van der Waals surface area contributed by atoms with Crippen LogP contribution in [0.4, 0.5) is 0 Å². The van der Waals surface area contributed by atoms with Crippen molar-refractivity contribution in [3.8, 4) is 5.69 Å². The van der Waals surface area contributed by atoms with E-state index in [1.807, 2.05) is 36.5 Å². The summed E-state index contributed by atoms with van der Waals surface area (Å²) in [6.07, 6.45) is 5.58. The van der Waals surface area contributed by atoms with Gasteiger partial charge in [-0.25, -0.2) is 4.68 Å². The highest BCUT2D eigenvalue weighted by Crippen LogP contribution is 2.19. The molecule has 1 aliphatic rings. The second-order valence-electron chi connectivity index (χ2n) is 6.22. The van der Waals surface area contributed by atoms with Gasteiger partial charge in [-0.05, 0) is 43.5 Å². The molecule has 0 radical (unpaired) electrons. The molecule has 3 rings (SSSR count). The zero-order valence-corrected chi connectivity index (χ0v) is 14.4. The molecule has 0 unspecified atom stereocenters. The van der Waals surface area contributed by atoms with E-state index in [1.165, 1.54) is 0 Å². The first-order valence-electron chi connectivity index (χ1n) is 8.70. The van der Waals surface area contributed by atoms with Crippen LogP contribution >= 0.6 is 0 Å². The van der Waals surface area contributed by atoms with Gasteiger partial charge in [-0.15, -0.1) is 0 Å². The first-order chi connectivity index (χ1) is 12.2. The summed E-state index contributed by atoms with van der Waals surface area (Å²) in [5, 5.41) is 4.19. The predicted octanol–water partition coefficient (Wildman–Crippen LogP) is 2.22. The lowest BCUT2D eigenvalue weighted by atomic mass is 9.97. The third-order valence-electron chi connectivity index (χ3n) is 4.45. The maximum absolute atomic E-state index is 12.6. The van der Waals surface area contributed by atoms with Crippen LogP contribution in [0.1, 0.15) is 25.3 Å². The summed E-state index contributed by atoms with van der Waals surface area (Å²) in [7, 11) is 0. The van der Waals surface area contributed by atoms with E-state index < -0.39 is 0 Å². The summed E-state index contributed by atoms with van der Waals surface area (Å²) in [6.45, 7) is 3.35. The van der Waals surface area contributed by atoms with E-state index >= 15 is 0 Å². The van der Waals surface area contributed by atoms with Crippen LogP contribution in [0.25, 0.3) is 5.69 Å². The molecular formula is C19H23N3O3. The highest BCUT2D eigenvalue weighted by molar-refractivity contribution is 5.80. The number of amides is 1. The molecule has 0 saturated carbocycles. The monoisotopic (exact) mass is 341 g/mol. The Kier molecular flexibility index (Phi) is 5.48. The first-order valence-corrected chi connectivity index (χ1v) is 8.70. The summed E-state index contributed by atoms with van der Waals surface area (Å²) in [4.78, 5) is 26.3. The Balaban J connectivity index is 1.59. The fourth-order valence-electron chi connectivity index (χ4n) is 3.13. The maximum Gasteiger partial charge on any atom is 0.310 e. The molecule has 2 heterocycles. The van der Waals surface area contributed by atoms with Crippen molar-refractivity contribution in [1.82, 2.24) is 14.7 Å². The largest absolute Gasteiger partial charge is 0.466 e. The smallest absolute Gasteiger partial charge is 0.310 e. The molecule has 0 N–H and O–H groups in total. The predicted molar refractivity (Wildman–Crippen MR) is 93.2 cm³/mol. The quantitative estimate of drug-likeness (QED) is 0.782. The van der Waals surface area contributed by atoms with Gasteiger partial charge in [0.05, 0.1) is 24.6 Å². The zero-order chi connectivity index (χ0) is 17.6. The SMILES string of the molecule is CCOC(=O)[C@H]1CCCN(C(=O)Cc2ccc(-n3cccn3)cc2)C1. The van der Waals surface area contributed by atoms with Gasteiger partial charge in [0.1, 0.15) is 0 Å². The summed E-state index contributed by atoms with van der Waals surface area (Å²) >= 11 is 0. The van der Waals surface area contributed by atoms with E-state index in [2.05, 4.69) is 5.10 Å². The van der Waals surface area contributed by atoms with Crippen LogP contribution in [0.15, 0.2) is 42.7 Å². The Morgan fingerprint density at radius 3 is 2.76 bits per heavy atom. The number of hydrogen-bond donors (Lipinski definition) is 0. The molecule has 1 aliphatic heterocycles. The molecule has 1 atom stereocenters. The van der Waals surface area contributed by atoms with Gasteiger partial charge in [-0.2, -0.15) is 5.10 Å². The number of nitrogens with zero attached hydrogens (tertiary/aromatic N) is 3. The van der Waals surface area contributed by atoms with Gasteiger partial charge in [0, 0.05) is 25.5 Å². The van der Waals surface area contributed by atoms with E-state index in [4.69, 9.17) is 4.74 Å². The molecule has 0 spiro atoms. The van der Waals surface area contributed by atoms with E-state index in [0.717, 1.165) is 24.1 Å². The van der Waals surface area contributed by atoms with Crippen LogP contribution in [0, 0.1) is 5.92 Å². The molecule has 2 aromatic rings. The van der Waals surface area contributed by atoms with Crippen LogP contribution in [0.3, 0.4) is 0 Å². The molecule has 25 heavy (non-hydrogen) atoms. The Morgan fingerprint density at radius 1 is 1.28 bits per heavy atom. The summed E-state index contributed by atoms with van der Waals surface area (Å²) in [6, 6.07) is 9.66. The lowest BCUT2D eigenvalue weighted by Crippen LogP contribution is -2.43. The Hall–Kier alpha value is -2.63. The van der Waals surface area contributed by atoms with Crippen molar-refractivity contribution in [3.63, 3.8) is 0 Å².